The van der Waals surface area contributed by atoms with Gasteiger partial charge in [0.05, 0.1) is 23.1 Å². The van der Waals surface area contributed by atoms with Crippen LogP contribution in [0.4, 0.5) is 0 Å². The fourth-order valence-electron chi connectivity index (χ4n) is 3.57. The van der Waals surface area contributed by atoms with Crippen molar-refractivity contribution in [3.63, 3.8) is 0 Å². The minimum Gasteiger partial charge on any atom is -0.392 e. The summed E-state index contributed by atoms with van der Waals surface area (Å²) >= 11 is 0. The van der Waals surface area contributed by atoms with Crippen LogP contribution >= 0.6 is 0 Å². The second-order valence-electron chi connectivity index (χ2n) is 8.09. The molecule has 0 spiro atoms. The van der Waals surface area contributed by atoms with E-state index >= 15 is 0 Å². The summed E-state index contributed by atoms with van der Waals surface area (Å²) in [5, 5.41) is 13.6. The number of aliphatic hydroxyl groups excluding tert-OH is 1. The molecule has 0 aromatic carbocycles. The van der Waals surface area contributed by atoms with E-state index in [-0.39, 0.29) is 17.3 Å². The van der Waals surface area contributed by atoms with Crippen LogP contribution in [0.25, 0.3) is 0 Å². The Hall–Kier alpha value is -0.820. The molecule has 7 heteroatoms. The monoisotopic (exact) mass is 359 g/mol. The maximum absolute atomic E-state index is 12.2. The molecule has 6 nitrogen and oxygen atoms in total. The van der Waals surface area contributed by atoms with Crippen LogP contribution in [0.3, 0.4) is 0 Å². The highest BCUT2D eigenvalue weighted by Crippen LogP contribution is 2.36. The van der Waals surface area contributed by atoms with Crippen LogP contribution in [0.2, 0.25) is 0 Å². The second kappa shape index (κ2) is 7.20. The molecule has 140 valence electrons. The van der Waals surface area contributed by atoms with E-state index in [1.54, 1.807) is 13.8 Å². The lowest BCUT2D eigenvalue weighted by molar-refractivity contribution is 0.00703. The van der Waals surface area contributed by atoms with Crippen molar-refractivity contribution in [1.82, 2.24) is 10.2 Å². The fourth-order valence-corrected chi connectivity index (χ4v) is 4.94. The smallest absolute Gasteiger partial charge is 0.194 e. The Morgan fingerprint density at radius 2 is 2.04 bits per heavy atom. The van der Waals surface area contributed by atoms with E-state index in [0.717, 1.165) is 38.2 Å². The molecule has 0 radical (unpaired) electrons. The van der Waals surface area contributed by atoms with Crippen LogP contribution in [0.5, 0.6) is 0 Å². The van der Waals surface area contributed by atoms with Crippen molar-refractivity contribution in [1.29, 1.82) is 0 Å². The lowest BCUT2D eigenvalue weighted by Crippen LogP contribution is -2.57. The predicted octanol–water partition coefficient (Wildman–Crippen LogP) is 1.40. The summed E-state index contributed by atoms with van der Waals surface area (Å²) in [5.41, 5.74) is -0.184. The van der Waals surface area contributed by atoms with Crippen molar-refractivity contribution in [2.75, 3.05) is 31.9 Å². The maximum Gasteiger partial charge on any atom is 0.194 e. The van der Waals surface area contributed by atoms with Crippen LogP contribution in [0, 0.1) is 5.41 Å². The summed E-state index contributed by atoms with van der Waals surface area (Å²) in [6.07, 6.45) is 3.73. The lowest BCUT2D eigenvalue weighted by Gasteiger charge is -2.40. The Labute approximate surface area is 146 Å². The van der Waals surface area contributed by atoms with Crippen LogP contribution < -0.4 is 5.32 Å². The zero-order valence-electron chi connectivity index (χ0n) is 15.5. The van der Waals surface area contributed by atoms with Crippen LogP contribution in [-0.4, -0.2) is 67.2 Å². The van der Waals surface area contributed by atoms with Gasteiger partial charge in [-0.15, -0.1) is 0 Å². The molecule has 24 heavy (non-hydrogen) atoms. The topological polar surface area (TPSA) is 82.0 Å². The summed E-state index contributed by atoms with van der Waals surface area (Å²) in [7, 11) is -3.06. The molecule has 2 N–H and O–H groups in total. The van der Waals surface area contributed by atoms with Crippen LogP contribution in [-0.2, 0) is 9.84 Å². The third-order valence-corrected chi connectivity index (χ3v) is 8.08. The molecule has 2 rings (SSSR count). The molecule has 1 aliphatic heterocycles. The van der Waals surface area contributed by atoms with Crippen LogP contribution in [0.15, 0.2) is 4.99 Å². The first-order valence-electron chi connectivity index (χ1n) is 9.05. The average molecular weight is 360 g/mol. The number of guanidine groups is 1. The van der Waals surface area contributed by atoms with E-state index in [0.29, 0.717) is 19.6 Å². The highest BCUT2D eigenvalue weighted by atomic mass is 32.2. The molecular formula is C17H33N3O3S. The van der Waals surface area contributed by atoms with Crippen molar-refractivity contribution in [2.24, 2.45) is 10.4 Å². The number of nitrogens with zero attached hydrogens (tertiary/aromatic N) is 2. The Morgan fingerprint density at radius 3 is 2.62 bits per heavy atom. The summed E-state index contributed by atoms with van der Waals surface area (Å²) in [6, 6.07) is 0. The van der Waals surface area contributed by atoms with Crippen molar-refractivity contribution in [3.05, 3.63) is 0 Å². The Kier molecular flexibility index (Phi) is 5.85. The standard InChI is InChI=1S/C17H33N3O3S/c1-5-18-15(19-12-17(4)9-7-6-8-14(17)21)20-10-11-24(22,23)16(2,3)13-20/h14,21H,5-13H2,1-4H3,(H,18,19). The van der Waals surface area contributed by atoms with Gasteiger partial charge in [0.1, 0.15) is 0 Å². The largest absolute Gasteiger partial charge is 0.392 e. The predicted molar refractivity (Wildman–Crippen MR) is 98.0 cm³/mol. The number of rotatable bonds is 3. The first-order chi connectivity index (χ1) is 11.1. The van der Waals surface area contributed by atoms with Crippen LogP contribution in [0.1, 0.15) is 53.4 Å². The third kappa shape index (κ3) is 4.04. The maximum atomic E-state index is 12.2. The van der Waals surface area contributed by atoms with Gasteiger partial charge in [0.15, 0.2) is 15.8 Å². The summed E-state index contributed by atoms with van der Waals surface area (Å²) in [4.78, 5) is 6.82. The minimum atomic E-state index is -3.06. The first-order valence-corrected chi connectivity index (χ1v) is 10.7. The van der Waals surface area contributed by atoms with Crippen molar-refractivity contribution < 1.29 is 13.5 Å². The number of aliphatic imine (C=N–C) groups is 1. The Bertz CT molecular complexity index is 574. The molecule has 1 aliphatic carbocycles. The molecule has 2 aliphatic rings. The quantitative estimate of drug-likeness (QED) is 0.588. The lowest BCUT2D eigenvalue weighted by atomic mass is 9.73. The molecule has 0 aromatic rings. The van der Waals surface area contributed by atoms with Gasteiger partial charge in [0, 0.05) is 25.0 Å². The van der Waals surface area contributed by atoms with E-state index in [9.17, 15) is 13.5 Å². The number of aliphatic hydroxyl groups is 1. The van der Waals surface area contributed by atoms with Gasteiger partial charge in [-0.2, -0.15) is 0 Å². The molecule has 1 saturated carbocycles. The van der Waals surface area contributed by atoms with Gasteiger partial charge in [-0.1, -0.05) is 19.8 Å². The molecular weight excluding hydrogens is 326 g/mol. The zero-order chi connectivity index (χ0) is 18.0. The molecule has 1 heterocycles. The number of hydrogen-bond donors (Lipinski definition) is 2. The summed E-state index contributed by atoms with van der Waals surface area (Å²) in [5.74, 6) is 0.920. The van der Waals surface area contributed by atoms with Gasteiger partial charge < -0.3 is 15.3 Å². The number of hydrogen-bond acceptors (Lipinski definition) is 4. The molecule has 2 fully saturated rings. The number of sulfone groups is 1. The molecule has 0 amide bonds. The highest BCUT2D eigenvalue weighted by Gasteiger charge is 2.41. The van der Waals surface area contributed by atoms with E-state index in [1.165, 1.54) is 0 Å². The molecule has 2 unspecified atom stereocenters. The van der Waals surface area contributed by atoms with E-state index in [1.807, 2.05) is 11.8 Å². The molecule has 0 bridgehead atoms. The van der Waals surface area contributed by atoms with E-state index < -0.39 is 14.6 Å². The SMILES string of the molecule is CCNC(=NCC1(C)CCCCC1O)N1CCS(=O)(=O)C(C)(C)C1. The van der Waals surface area contributed by atoms with E-state index in [2.05, 4.69) is 12.2 Å². The Morgan fingerprint density at radius 1 is 1.33 bits per heavy atom. The van der Waals surface area contributed by atoms with Gasteiger partial charge in [0.2, 0.25) is 0 Å². The van der Waals surface area contributed by atoms with Crippen molar-refractivity contribution >= 4 is 15.8 Å². The van der Waals surface area contributed by atoms with Crippen molar-refractivity contribution in [3.8, 4) is 0 Å². The third-order valence-electron chi connectivity index (χ3n) is 5.55. The average Bonchev–Trinajstić information content (AvgIpc) is 2.50. The van der Waals surface area contributed by atoms with Gasteiger partial charge >= 0.3 is 0 Å². The first kappa shape index (κ1) is 19.5. The van der Waals surface area contributed by atoms with Gasteiger partial charge in [-0.05, 0) is 33.6 Å². The summed E-state index contributed by atoms with van der Waals surface area (Å²) < 4.78 is 23.6. The fraction of sp³-hybridized carbons (Fsp3) is 0.941. The van der Waals surface area contributed by atoms with Gasteiger partial charge in [-0.25, -0.2) is 8.42 Å². The number of nitrogens with one attached hydrogen (secondary N) is 1. The molecule has 0 aromatic heterocycles. The van der Waals surface area contributed by atoms with Gasteiger partial charge in [-0.3, -0.25) is 4.99 Å². The van der Waals surface area contributed by atoms with E-state index in [4.69, 9.17) is 4.99 Å². The summed E-state index contributed by atoms with van der Waals surface area (Å²) in [6.45, 7) is 9.90. The minimum absolute atomic E-state index is 0.157. The molecule has 1 saturated heterocycles. The van der Waals surface area contributed by atoms with Gasteiger partial charge in [0.25, 0.3) is 0 Å². The van der Waals surface area contributed by atoms with Crippen molar-refractivity contribution in [2.45, 2.75) is 64.2 Å². The Balaban J connectivity index is 2.14. The normalized spacial score (nSPS) is 33.3. The second-order valence-corrected chi connectivity index (χ2v) is 10.8. The highest BCUT2D eigenvalue weighted by molar-refractivity contribution is 7.92. The molecule has 2 atom stereocenters. The zero-order valence-corrected chi connectivity index (χ0v) is 16.3.